The fourth-order valence-corrected chi connectivity index (χ4v) is 0.753. The average molecular weight is 147 g/mol. The number of hydrogen-bond donors (Lipinski definition) is 0. The molecule has 0 heterocycles. The Morgan fingerprint density at radius 3 is 2.67 bits per heavy atom. The molecule has 0 aliphatic rings. The van der Waals surface area contributed by atoms with E-state index in [1.165, 1.54) is 6.21 Å². The molecular weight excluding hydrogens is 138 g/mol. The monoisotopic (exact) mass is 147 g/mol. The summed E-state index contributed by atoms with van der Waals surface area (Å²) in [6.45, 7) is 3.35. The van der Waals surface area contributed by atoms with Gasteiger partial charge in [0, 0.05) is 24.3 Å². The van der Waals surface area contributed by atoms with Crippen molar-refractivity contribution in [1.82, 2.24) is 0 Å². The lowest BCUT2D eigenvalue weighted by molar-refractivity contribution is 0.553. The summed E-state index contributed by atoms with van der Waals surface area (Å²) >= 11 is -1.45. The van der Waals surface area contributed by atoms with Crippen molar-refractivity contribution < 1.29 is 9.35 Å². The highest BCUT2D eigenvalue weighted by Gasteiger charge is 2.11. The van der Waals surface area contributed by atoms with Crippen LogP contribution in [0.5, 0.6) is 0 Å². The van der Waals surface area contributed by atoms with Gasteiger partial charge >= 0.3 is 5.62 Å². The van der Waals surface area contributed by atoms with Crippen LogP contribution in [0.15, 0.2) is 4.99 Å². The van der Waals surface area contributed by atoms with Crippen LogP contribution in [-0.2, 0) is 16.0 Å². The topological polar surface area (TPSA) is 52.5 Å². The molecule has 0 radical (unpaired) electrons. The Balaban J connectivity index is 3.71. The molecule has 9 heavy (non-hydrogen) atoms. The van der Waals surface area contributed by atoms with Gasteiger partial charge in [0.15, 0.2) is 0 Å². The second-order valence-electron chi connectivity index (χ2n) is 1.43. The van der Waals surface area contributed by atoms with Crippen LogP contribution in [0.3, 0.4) is 0 Å². The minimum atomic E-state index is -1.45. The molecule has 3 nitrogen and oxygen atoms in total. The SMILES string of the molecule is C/C=N\C(C)[S+]([O-])C=O. The van der Waals surface area contributed by atoms with Gasteiger partial charge < -0.3 is 4.55 Å². The van der Waals surface area contributed by atoms with Gasteiger partial charge in [-0.2, -0.15) is 0 Å². The van der Waals surface area contributed by atoms with Gasteiger partial charge in [0.25, 0.3) is 0 Å². The Morgan fingerprint density at radius 1 is 1.78 bits per heavy atom. The molecule has 52 valence electrons. The van der Waals surface area contributed by atoms with Crippen LogP contribution >= 0.6 is 0 Å². The molecular formula is C5H9NO2S. The molecule has 0 aliphatic heterocycles. The first-order valence-corrected chi connectivity index (χ1v) is 3.82. The van der Waals surface area contributed by atoms with Crippen molar-refractivity contribution >= 4 is 23.0 Å². The molecule has 0 amide bonds. The molecule has 0 saturated carbocycles. The predicted octanol–water partition coefficient (Wildman–Crippen LogP) is 0.362. The van der Waals surface area contributed by atoms with Crippen molar-refractivity contribution in [3.8, 4) is 0 Å². The van der Waals surface area contributed by atoms with Crippen LogP contribution in [0.2, 0.25) is 0 Å². The maximum atomic E-state index is 10.5. The summed E-state index contributed by atoms with van der Waals surface area (Å²) in [7, 11) is 0. The zero-order valence-electron chi connectivity index (χ0n) is 5.40. The lowest BCUT2D eigenvalue weighted by atomic mass is 10.7. The van der Waals surface area contributed by atoms with E-state index >= 15 is 0 Å². The molecule has 0 aromatic rings. The summed E-state index contributed by atoms with van der Waals surface area (Å²) in [6, 6.07) is 0. The van der Waals surface area contributed by atoms with Crippen molar-refractivity contribution in [1.29, 1.82) is 0 Å². The third-order valence-electron chi connectivity index (χ3n) is 0.790. The van der Waals surface area contributed by atoms with Crippen molar-refractivity contribution in [2.24, 2.45) is 4.99 Å². The third kappa shape index (κ3) is 3.26. The highest BCUT2D eigenvalue weighted by atomic mass is 32.2. The van der Waals surface area contributed by atoms with Crippen LogP contribution in [0.1, 0.15) is 13.8 Å². The summed E-state index contributed by atoms with van der Waals surface area (Å²) < 4.78 is 10.5. The van der Waals surface area contributed by atoms with Crippen LogP contribution in [0.4, 0.5) is 0 Å². The molecule has 2 unspecified atom stereocenters. The van der Waals surface area contributed by atoms with E-state index in [1.807, 2.05) is 0 Å². The average Bonchev–Trinajstić information content (AvgIpc) is 1.87. The predicted molar refractivity (Wildman–Crippen MR) is 38.5 cm³/mol. The van der Waals surface area contributed by atoms with Gasteiger partial charge in [-0.1, -0.05) is 0 Å². The van der Waals surface area contributed by atoms with Gasteiger partial charge in [0.05, 0.1) is 0 Å². The molecule has 4 heteroatoms. The quantitative estimate of drug-likeness (QED) is 0.329. The number of aliphatic imine (C=N–C) groups is 1. The zero-order valence-corrected chi connectivity index (χ0v) is 6.22. The van der Waals surface area contributed by atoms with Crippen LogP contribution in [-0.4, -0.2) is 21.8 Å². The lowest BCUT2D eigenvalue weighted by Crippen LogP contribution is -2.15. The Kier molecular flexibility index (Phi) is 4.35. The molecule has 0 aliphatic carbocycles. The first-order chi connectivity index (χ1) is 4.22. The summed E-state index contributed by atoms with van der Waals surface area (Å²) in [5.41, 5.74) is 0.400. The minimum absolute atomic E-state index is 0.396. The molecule has 0 saturated heterocycles. The van der Waals surface area contributed by atoms with E-state index in [9.17, 15) is 9.35 Å². The van der Waals surface area contributed by atoms with Gasteiger partial charge in [-0.05, 0) is 6.92 Å². The summed E-state index contributed by atoms with van der Waals surface area (Å²) in [6.07, 6.45) is 1.53. The molecule has 0 spiro atoms. The Bertz CT molecular complexity index is 116. The highest BCUT2D eigenvalue weighted by molar-refractivity contribution is 8.04. The van der Waals surface area contributed by atoms with E-state index in [4.69, 9.17) is 0 Å². The molecule has 2 atom stereocenters. The summed E-state index contributed by atoms with van der Waals surface area (Å²) in [4.78, 5) is 13.6. The fourth-order valence-electron chi connectivity index (χ4n) is 0.350. The van der Waals surface area contributed by atoms with Gasteiger partial charge in [-0.25, -0.2) is 9.79 Å². The maximum absolute atomic E-state index is 10.5. The maximum Gasteiger partial charge on any atom is 0.319 e. The third-order valence-corrected chi connectivity index (χ3v) is 1.77. The lowest BCUT2D eigenvalue weighted by Gasteiger charge is -2.04. The first-order valence-electron chi connectivity index (χ1n) is 2.54. The van der Waals surface area contributed by atoms with Gasteiger partial charge in [0.2, 0.25) is 5.37 Å². The normalized spacial score (nSPS) is 17.7. The Labute approximate surface area is 57.4 Å². The molecule has 0 fully saturated rings. The smallest absolute Gasteiger partial charge is 0.319 e. The standard InChI is InChI=1S/C5H9NO2S/c1-3-6-5(2)9(8)4-7/h3-5H,1-2H3/b6-3-. The zero-order chi connectivity index (χ0) is 7.28. The van der Waals surface area contributed by atoms with Crippen LogP contribution in [0.25, 0.3) is 0 Å². The van der Waals surface area contributed by atoms with E-state index in [-0.39, 0.29) is 0 Å². The largest absolute Gasteiger partial charge is 0.608 e. The molecule has 0 rings (SSSR count). The molecule has 0 bridgehead atoms. The number of hydrogen-bond acceptors (Lipinski definition) is 3. The molecule has 0 aromatic heterocycles. The summed E-state index contributed by atoms with van der Waals surface area (Å²) in [5.74, 6) is 0. The first kappa shape index (κ1) is 8.65. The number of carbonyl (C=O) groups excluding carboxylic acids is 1. The minimum Gasteiger partial charge on any atom is -0.608 e. The van der Waals surface area contributed by atoms with Crippen LogP contribution < -0.4 is 0 Å². The number of rotatable bonds is 3. The summed E-state index contributed by atoms with van der Waals surface area (Å²) in [5, 5.41) is -0.396. The van der Waals surface area contributed by atoms with Crippen LogP contribution in [0, 0.1) is 0 Å². The van der Waals surface area contributed by atoms with E-state index in [1.54, 1.807) is 13.8 Å². The van der Waals surface area contributed by atoms with Gasteiger partial charge in [-0.15, -0.1) is 0 Å². The van der Waals surface area contributed by atoms with Crippen molar-refractivity contribution in [3.05, 3.63) is 0 Å². The van der Waals surface area contributed by atoms with Gasteiger partial charge in [-0.3, -0.25) is 0 Å². The fraction of sp³-hybridized carbons (Fsp3) is 0.600. The second-order valence-corrected chi connectivity index (χ2v) is 2.96. The van der Waals surface area contributed by atoms with Gasteiger partial charge in [0.1, 0.15) is 0 Å². The molecule has 0 aromatic carbocycles. The van der Waals surface area contributed by atoms with Crippen molar-refractivity contribution in [3.63, 3.8) is 0 Å². The van der Waals surface area contributed by atoms with E-state index in [0.29, 0.717) is 5.62 Å². The Morgan fingerprint density at radius 2 is 2.33 bits per heavy atom. The van der Waals surface area contributed by atoms with E-state index in [2.05, 4.69) is 4.99 Å². The van der Waals surface area contributed by atoms with E-state index < -0.39 is 16.5 Å². The van der Waals surface area contributed by atoms with Crippen molar-refractivity contribution in [2.75, 3.05) is 0 Å². The number of carbonyl (C=O) groups is 1. The van der Waals surface area contributed by atoms with Crippen molar-refractivity contribution in [2.45, 2.75) is 19.2 Å². The van der Waals surface area contributed by atoms with E-state index in [0.717, 1.165) is 0 Å². The highest BCUT2D eigenvalue weighted by Crippen LogP contribution is 1.97. The molecule has 0 N–H and O–H groups in total. The Hall–Kier alpha value is -0.350. The second kappa shape index (κ2) is 4.52. The number of nitrogens with zero attached hydrogens (tertiary/aromatic N) is 1.